The highest BCUT2D eigenvalue weighted by Crippen LogP contribution is 2.32. The van der Waals surface area contributed by atoms with Crippen molar-refractivity contribution in [3.05, 3.63) is 23.8 Å². The van der Waals surface area contributed by atoms with Gasteiger partial charge in [0.2, 0.25) is 6.79 Å². The van der Waals surface area contributed by atoms with Gasteiger partial charge in [-0.2, -0.15) is 11.8 Å². The molecule has 1 unspecified atom stereocenters. The van der Waals surface area contributed by atoms with Crippen molar-refractivity contribution in [2.45, 2.75) is 12.2 Å². The number of benzene rings is 1. The number of carbonyl (C=O) groups is 1. The molecule has 0 N–H and O–H groups in total. The molecule has 3 rings (SSSR count). The minimum Gasteiger partial charge on any atom is -0.454 e. The summed E-state index contributed by atoms with van der Waals surface area (Å²) in [6.07, 6.45) is 0. The van der Waals surface area contributed by atoms with Crippen molar-refractivity contribution in [3.8, 4) is 11.5 Å². The summed E-state index contributed by atoms with van der Waals surface area (Å²) < 4.78 is 10.6. The van der Waals surface area contributed by atoms with E-state index in [4.69, 9.17) is 9.47 Å². The minimum absolute atomic E-state index is 0.150. The number of ketones is 1. The second-order valence-corrected chi connectivity index (χ2v) is 6.45. The molecule has 0 amide bonds. The van der Waals surface area contributed by atoms with Crippen LogP contribution in [0.4, 0.5) is 0 Å². The Kier molecular flexibility index (Phi) is 3.66. The highest BCUT2D eigenvalue weighted by atomic mass is 32.2. The molecule has 1 aromatic carbocycles. The van der Waals surface area contributed by atoms with Crippen LogP contribution >= 0.6 is 11.8 Å². The normalized spacial score (nSPS) is 22.5. The van der Waals surface area contributed by atoms with Gasteiger partial charge in [0.15, 0.2) is 17.3 Å². The minimum atomic E-state index is 0.150. The van der Waals surface area contributed by atoms with Gasteiger partial charge in [-0.25, -0.2) is 0 Å². The van der Waals surface area contributed by atoms with Crippen LogP contribution in [0.5, 0.6) is 11.5 Å². The molecule has 4 nitrogen and oxygen atoms in total. The second-order valence-electron chi connectivity index (χ2n) is 4.91. The van der Waals surface area contributed by atoms with E-state index in [9.17, 15) is 4.79 Å². The van der Waals surface area contributed by atoms with Crippen molar-refractivity contribution in [1.29, 1.82) is 0 Å². The summed E-state index contributed by atoms with van der Waals surface area (Å²) >= 11 is 1.97. The lowest BCUT2D eigenvalue weighted by molar-refractivity contribution is 0.0933. The molecular formula is C14H17NO3S. The Morgan fingerprint density at radius 2 is 2.26 bits per heavy atom. The lowest BCUT2D eigenvalue weighted by atomic mass is 10.1. The third kappa shape index (κ3) is 2.87. The fourth-order valence-electron chi connectivity index (χ4n) is 2.40. The monoisotopic (exact) mass is 279 g/mol. The number of thioether (sulfide) groups is 1. The number of rotatable bonds is 3. The van der Waals surface area contributed by atoms with E-state index in [0.717, 1.165) is 24.6 Å². The highest BCUT2D eigenvalue weighted by molar-refractivity contribution is 7.99. The van der Waals surface area contributed by atoms with Crippen molar-refractivity contribution < 1.29 is 14.3 Å². The third-order valence-electron chi connectivity index (χ3n) is 3.39. The fourth-order valence-corrected chi connectivity index (χ4v) is 3.48. The van der Waals surface area contributed by atoms with Crippen molar-refractivity contribution >= 4 is 17.5 Å². The smallest absolute Gasteiger partial charge is 0.231 e. The maximum absolute atomic E-state index is 12.3. The van der Waals surface area contributed by atoms with Crippen molar-refractivity contribution in [2.75, 3.05) is 32.2 Å². The first-order chi connectivity index (χ1) is 9.22. The van der Waals surface area contributed by atoms with Crippen LogP contribution in [0, 0.1) is 0 Å². The summed E-state index contributed by atoms with van der Waals surface area (Å²) in [6.45, 7) is 4.92. The molecule has 0 bridgehead atoms. The Morgan fingerprint density at radius 3 is 3.11 bits per heavy atom. The topological polar surface area (TPSA) is 38.8 Å². The molecule has 19 heavy (non-hydrogen) atoms. The molecule has 1 fully saturated rings. The maximum atomic E-state index is 12.3. The average Bonchev–Trinajstić information content (AvgIpc) is 2.85. The van der Waals surface area contributed by atoms with Crippen LogP contribution in [0.15, 0.2) is 18.2 Å². The van der Waals surface area contributed by atoms with Crippen LogP contribution in [0.1, 0.15) is 17.3 Å². The number of Topliss-reactive ketones (excluding diaryl/α,β-unsaturated/α-hetero) is 1. The maximum Gasteiger partial charge on any atom is 0.231 e. The van der Waals surface area contributed by atoms with E-state index >= 15 is 0 Å². The number of fused-ring (bicyclic) bond motifs is 1. The Hall–Kier alpha value is -1.20. The Morgan fingerprint density at radius 1 is 1.42 bits per heavy atom. The number of nitrogens with zero attached hydrogens (tertiary/aromatic N) is 1. The van der Waals surface area contributed by atoms with Gasteiger partial charge >= 0.3 is 0 Å². The van der Waals surface area contributed by atoms with E-state index in [1.165, 1.54) is 0 Å². The lowest BCUT2D eigenvalue weighted by Gasteiger charge is -2.29. The quantitative estimate of drug-likeness (QED) is 0.792. The van der Waals surface area contributed by atoms with Crippen molar-refractivity contribution in [3.63, 3.8) is 0 Å². The van der Waals surface area contributed by atoms with E-state index in [1.54, 1.807) is 6.07 Å². The number of hydrogen-bond donors (Lipinski definition) is 0. The Balaban J connectivity index is 1.67. The van der Waals surface area contributed by atoms with E-state index in [0.29, 0.717) is 23.1 Å². The summed E-state index contributed by atoms with van der Waals surface area (Å²) in [7, 11) is 0. The SMILES string of the molecule is CC1CN(CC(=O)c2ccc3c(c2)OCO3)CCS1. The van der Waals surface area contributed by atoms with Gasteiger partial charge in [0.25, 0.3) is 0 Å². The zero-order valence-electron chi connectivity index (χ0n) is 10.9. The van der Waals surface area contributed by atoms with Crippen molar-refractivity contribution in [2.24, 2.45) is 0 Å². The highest BCUT2D eigenvalue weighted by Gasteiger charge is 2.21. The average molecular weight is 279 g/mol. The molecule has 0 saturated carbocycles. The predicted octanol–water partition coefficient (Wildman–Crippen LogP) is 2.04. The van der Waals surface area contributed by atoms with E-state index < -0.39 is 0 Å². The number of hydrogen-bond acceptors (Lipinski definition) is 5. The van der Waals surface area contributed by atoms with Crippen LogP contribution in [0.2, 0.25) is 0 Å². The number of carbonyl (C=O) groups excluding carboxylic acids is 1. The van der Waals surface area contributed by atoms with E-state index in [-0.39, 0.29) is 12.6 Å². The first kappa shape index (κ1) is 12.8. The van der Waals surface area contributed by atoms with Crippen LogP contribution < -0.4 is 9.47 Å². The summed E-state index contributed by atoms with van der Waals surface area (Å²) in [5, 5.41) is 0.610. The Bertz CT molecular complexity index is 492. The first-order valence-electron chi connectivity index (χ1n) is 6.49. The zero-order valence-corrected chi connectivity index (χ0v) is 11.7. The Labute approximate surface area is 117 Å². The molecule has 0 aliphatic carbocycles. The summed E-state index contributed by atoms with van der Waals surface area (Å²) in [6, 6.07) is 5.41. The van der Waals surface area contributed by atoms with Gasteiger partial charge in [0.1, 0.15) is 0 Å². The fraction of sp³-hybridized carbons (Fsp3) is 0.500. The van der Waals surface area contributed by atoms with Gasteiger partial charge in [-0.05, 0) is 18.2 Å². The molecule has 5 heteroatoms. The standard InChI is InChI=1S/C14H17NO3S/c1-10-7-15(4-5-19-10)8-12(16)11-2-3-13-14(6-11)18-9-17-13/h2-3,6,10H,4-5,7-9H2,1H3. The zero-order chi connectivity index (χ0) is 13.2. The van der Waals surface area contributed by atoms with Gasteiger partial charge in [-0.3, -0.25) is 9.69 Å². The lowest BCUT2D eigenvalue weighted by Crippen LogP contribution is -2.39. The molecule has 1 saturated heterocycles. The third-order valence-corrected chi connectivity index (χ3v) is 4.52. The van der Waals surface area contributed by atoms with Gasteiger partial charge in [-0.1, -0.05) is 6.92 Å². The summed E-state index contributed by atoms with van der Waals surface area (Å²) in [5.74, 6) is 2.65. The predicted molar refractivity (Wildman–Crippen MR) is 75.3 cm³/mol. The number of ether oxygens (including phenoxy) is 2. The second kappa shape index (κ2) is 5.43. The molecule has 0 spiro atoms. The molecule has 2 aliphatic heterocycles. The van der Waals surface area contributed by atoms with Crippen LogP contribution in [-0.4, -0.2) is 48.1 Å². The molecule has 1 aromatic rings. The summed E-state index contributed by atoms with van der Waals surface area (Å²) in [5.41, 5.74) is 0.704. The molecule has 0 radical (unpaired) electrons. The molecule has 0 aromatic heterocycles. The summed E-state index contributed by atoms with van der Waals surface area (Å²) in [4.78, 5) is 14.5. The van der Waals surface area contributed by atoms with Crippen LogP contribution in [-0.2, 0) is 0 Å². The molecule has 2 aliphatic rings. The first-order valence-corrected chi connectivity index (χ1v) is 7.54. The van der Waals surface area contributed by atoms with Crippen LogP contribution in [0.3, 0.4) is 0 Å². The molecular weight excluding hydrogens is 262 g/mol. The molecule has 102 valence electrons. The van der Waals surface area contributed by atoms with Gasteiger partial charge < -0.3 is 9.47 Å². The largest absolute Gasteiger partial charge is 0.454 e. The van der Waals surface area contributed by atoms with Gasteiger partial charge in [0.05, 0.1) is 6.54 Å². The van der Waals surface area contributed by atoms with Gasteiger partial charge in [0, 0.05) is 29.7 Å². The molecule has 1 atom stereocenters. The van der Waals surface area contributed by atoms with Crippen molar-refractivity contribution in [1.82, 2.24) is 4.90 Å². The van der Waals surface area contributed by atoms with E-state index in [2.05, 4.69) is 11.8 Å². The van der Waals surface area contributed by atoms with E-state index in [1.807, 2.05) is 23.9 Å². The van der Waals surface area contributed by atoms with Gasteiger partial charge in [-0.15, -0.1) is 0 Å². The van der Waals surface area contributed by atoms with Crippen LogP contribution in [0.25, 0.3) is 0 Å². The molecule has 2 heterocycles.